The molecule has 1 aromatic heterocycles. The van der Waals surface area contributed by atoms with Gasteiger partial charge in [-0.15, -0.1) is 0 Å². The molecule has 0 saturated carbocycles. The average Bonchev–Trinajstić information content (AvgIpc) is 2.75. The van der Waals surface area contributed by atoms with E-state index in [-0.39, 0.29) is 5.91 Å². The van der Waals surface area contributed by atoms with E-state index in [0.29, 0.717) is 17.1 Å². The molecule has 0 aliphatic heterocycles. The summed E-state index contributed by atoms with van der Waals surface area (Å²) in [6.45, 7) is 2.85. The molecule has 3 rings (SSSR count). The fourth-order valence-corrected chi connectivity index (χ4v) is 3.20. The Morgan fingerprint density at radius 1 is 1.04 bits per heavy atom. The highest BCUT2D eigenvalue weighted by Gasteiger charge is 2.18. The first-order chi connectivity index (χ1) is 13.6. The zero-order chi connectivity index (χ0) is 20.1. The molecule has 0 unspecified atom stereocenters. The highest BCUT2D eigenvalue weighted by Crippen LogP contribution is 2.33. The Hall–Kier alpha value is -3.08. The summed E-state index contributed by atoms with van der Waals surface area (Å²) in [5, 5.41) is 0.861. The van der Waals surface area contributed by atoms with Crippen LogP contribution >= 0.6 is 0 Å². The second-order valence-electron chi connectivity index (χ2n) is 6.72. The first-order valence-corrected chi connectivity index (χ1v) is 9.46. The summed E-state index contributed by atoms with van der Waals surface area (Å²) < 4.78 is 10.7. The largest absolute Gasteiger partial charge is 0.493 e. The van der Waals surface area contributed by atoms with Gasteiger partial charge >= 0.3 is 0 Å². The first-order valence-electron chi connectivity index (χ1n) is 9.46. The maximum Gasteiger partial charge on any atom is 0.254 e. The predicted molar refractivity (Wildman–Crippen MR) is 112 cm³/mol. The third kappa shape index (κ3) is 3.93. The van der Waals surface area contributed by atoms with Crippen molar-refractivity contribution in [3.63, 3.8) is 0 Å². The van der Waals surface area contributed by atoms with Gasteiger partial charge in [-0.2, -0.15) is 0 Å². The molecule has 2 aromatic carbocycles. The summed E-state index contributed by atoms with van der Waals surface area (Å²) in [4.78, 5) is 19.7. The van der Waals surface area contributed by atoms with E-state index in [4.69, 9.17) is 14.5 Å². The van der Waals surface area contributed by atoms with Crippen LogP contribution in [0.4, 0.5) is 0 Å². The van der Waals surface area contributed by atoms with Crippen LogP contribution in [0.2, 0.25) is 0 Å². The van der Waals surface area contributed by atoms with Crippen LogP contribution < -0.4 is 9.47 Å². The molecule has 5 heteroatoms. The van der Waals surface area contributed by atoms with Crippen LogP contribution in [0.15, 0.2) is 48.5 Å². The van der Waals surface area contributed by atoms with Gasteiger partial charge in [0, 0.05) is 24.5 Å². The molecular weight excluding hydrogens is 352 g/mol. The van der Waals surface area contributed by atoms with E-state index >= 15 is 0 Å². The molecule has 5 nitrogen and oxygen atoms in total. The summed E-state index contributed by atoms with van der Waals surface area (Å²) in [6.07, 6.45) is 2.03. The van der Waals surface area contributed by atoms with E-state index in [1.807, 2.05) is 55.6 Å². The van der Waals surface area contributed by atoms with Gasteiger partial charge in [0.05, 0.1) is 31.0 Å². The number of nitrogens with zero attached hydrogens (tertiary/aromatic N) is 2. The predicted octanol–water partition coefficient (Wildman–Crippen LogP) is 4.79. The van der Waals surface area contributed by atoms with Crippen molar-refractivity contribution in [3.05, 3.63) is 54.1 Å². The maximum absolute atomic E-state index is 13.1. The van der Waals surface area contributed by atoms with Crippen LogP contribution in [-0.4, -0.2) is 43.6 Å². The van der Waals surface area contributed by atoms with Crippen molar-refractivity contribution in [1.82, 2.24) is 9.88 Å². The number of hydrogen-bond donors (Lipinski definition) is 0. The number of carbonyl (C=O) groups excluding carboxylic acids is 1. The minimum atomic E-state index is 0.00813. The molecule has 146 valence electrons. The first kappa shape index (κ1) is 19.7. The number of benzene rings is 2. The normalized spacial score (nSPS) is 10.7. The highest BCUT2D eigenvalue weighted by molar-refractivity contribution is 6.07. The number of hydrogen-bond acceptors (Lipinski definition) is 4. The van der Waals surface area contributed by atoms with Gasteiger partial charge in [0.2, 0.25) is 0 Å². The number of aromatic nitrogens is 1. The molecule has 0 bridgehead atoms. The third-order valence-electron chi connectivity index (χ3n) is 4.82. The second-order valence-corrected chi connectivity index (χ2v) is 6.72. The number of fused-ring (bicyclic) bond motifs is 1. The molecule has 1 amide bonds. The van der Waals surface area contributed by atoms with Gasteiger partial charge in [-0.1, -0.05) is 31.5 Å². The monoisotopic (exact) mass is 378 g/mol. The number of carbonyl (C=O) groups is 1. The molecule has 0 aliphatic carbocycles. The molecule has 0 saturated heterocycles. The third-order valence-corrected chi connectivity index (χ3v) is 4.82. The molecule has 3 aromatic rings. The van der Waals surface area contributed by atoms with Gasteiger partial charge in [-0.25, -0.2) is 4.98 Å². The molecule has 0 atom stereocenters. The van der Waals surface area contributed by atoms with E-state index in [1.54, 1.807) is 19.1 Å². The SMILES string of the molecule is CCCCN(C)C(=O)c1cc(-c2ccc(OC)c(OC)c2)nc2ccccc12. The quantitative estimate of drug-likeness (QED) is 0.593. The summed E-state index contributed by atoms with van der Waals surface area (Å²) >= 11 is 0. The van der Waals surface area contributed by atoms with E-state index in [1.165, 1.54) is 0 Å². The molecule has 0 spiro atoms. The molecular formula is C23H26N2O3. The smallest absolute Gasteiger partial charge is 0.254 e. The van der Waals surface area contributed by atoms with Crippen molar-refractivity contribution >= 4 is 16.8 Å². The molecule has 0 aliphatic rings. The summed E-state index contributed by atoms with van der Waals surface area (Å²) in [6, 6.07) is 15.3. The van der Waals surface area contributed by atoms with Gasteiger partial charge in [0.1, 0.15) is 0 Å². The van der Waals surface area contributed by atoms with Gasteiger partial charge in [0.25, 0.3) is 5.91 Å². The number of para-hydroxylation sites is 1. The van der Waals surface area contributed by atoms with Gasteiger partial charge in [-0.05, 0) is 36.8 Å². The topological polar surface area (TPSA) is 51.7 Å². The van der Waals surface area contributed by atoms with Crippen molar-refractivity contribution in [2.24, 2.45) is 0 Å². The number of pyridine rings is 1. The number of methoxy groups -OCH3 is 2. The van der Waals surface area contributed by atoms with Crippen LogP contribution in [0.3, 0.4) is 0 Å². The fourth-order valence-electron chi connectivity index (χ4n) is 3.20. The Morgan fingerprint density at radius 3 is 2.50 bits per heavy atom. The second kappa shape index (κ2) is 8.74. The van der Waals surface area contributed by atoms with Gasteiger partial charge < -0.3 is 14.4 Å². The zero-order valence-electron chi connectivity index (χ0n) is 16.9. The lowest BCUT2D eigenvalue weighted by Gasteiger charge is -2.18. The fraction of sp³-hybridized carbons (Fsp3) is 0.304. The average molecular weight is 378 g/mol. The lowest BCUT2D eigenvalue weighted by atomic mass is 10.0. The molecule has 0 N–H and O–H groups in total. The van der Waals surface area contributed by atoms with E-state index in [0.717, 1.165) is 41.5 Å². The Kier molecular flexibility index (Phi) is 6.14. The Bertz CT molecular complexity index is 985. The molecule has 0 fully saturated rings. The van der Waals surface area contributed by atoms with Gasteiger partial charge in [-0.3, -0.25) is 4.79 Å². The Labute approximate surface area is 165 Å². The minimum absolute atomic E-state index is 0.00813. The number of unbranched alkanes of at least 4 members (excludes halogenated alkanes) is 1. The molecule has 1 heterocycles. The van der Waals surface area contributed by atoms with E-state index < -0.39 is 0 Å². The van der Waals surface area contributed by atoms with Crippen LogP contribution in [0, 0.1) is 0 Å². The summed E-state index contributed by atoms with van der Waals surface area (Å²) in [5.74, 6) is 1.29. The number of ether oxygens (including phenoxy) is 2. The lowest BCUT2D eigenvalue weighted by Crippen LogP contribution is -2.28. The lowest BCUT2D eigenvalue weighted by molar-refractivity contribution is 0.0795. The van der Waals surface area contributed by atoms with Crippen LogP contribution in [-0.2, 0) is 0 Å². The maximum atomic E-state index is 13.1. The number of amides is 1. The summed E-state index contributed by atoms with van der Waals surface area (Å²) in [7, 11) is 5.06. The van der Waals surface area contributed by atoms with E-state index in [9.17, 15) is 4.79 Å². The summed E-state index contributed by atoms with van der Waals surface area (Å²) in [5.41, 5.74) is 3.05. The van der Waals surface area contributed by atoms with Crippen LogP contribution in [0.25, 0.3) is 22.2 Å². The molecule has 28 heavy (non-hydrogen) atoms. The number of rotatable bonds is 7. The van der Waals surface area contributed by atoms with Gasteiger partial charge in [0.15, 0.2) is 11.5 Å². The molecule has 0 radical (unpaired) electrons. The van der Waals surface area contributed by atoms with Crippen molar-refractivity contribution in [1.29, 1.82) is 0 Å². The minimum Gasteiger partial charge on any atom is -0.493 e. The van der Waals surface area contributed by atoms with Crippen molar-refractivity contribution < 1.29 is 14.3 Å². The van der Waals surface area contributed by atoms with Crippen molar-refractivity contribution in [3.8, 4) is 22.8 Å². The highest BCUT2D eigenvalue weighted by atomic mass is 16.5. The zero-order valence-corrected chi connectivity index (χ0v) is 16.9. The van der Waals surface area contributed by atoms with Crippen LogP contribution in [0.1, 0.15) is 30.1 Å². The Morgan fingerprint density at radius 2 is 1.79 bits per heavy atom. The van der Waals surface area contributed by atoms with Crippen molar-refractivity contribution in [2.75, 3.05) is 27.8 Å². The standard InChI is InChI=1S/C23H26N2O3/c1-5-6-13-25(2)23(26)18-15-20(24-19-10-8-7-9-17(18)19)16-11-12-21(27-3)22(14-16)28-4/h7-12,14-15H,5-6,13H2,1-4H3. The van der Waals surface area contributed by atoms with Crippen LogP contribution in [0.5, 0.6) is 11.5 Å². The van der Waals surface area contributed by atoms with Crippen molar-refractivity contribution in [2.45, 2.75) is 19.8 Å². The van der Waals surface area contributed by atoms with E-state index in [2.05, 4.69) is 6.92 Å². The Balaban J connectivity index is 2.11.